The van der Waals surface area contributed by atoms with E-state index in [4.69, 9.17) is 16.2 Å². The van der Waals surface area contributed by atoms with Crippen molar-refractivity contribution in [2.45, 2.75) is 18.0 Å². The highest BCUT2D eigenvalue weighted by Crippen LogP contribution is 2.27. The van der Waals surface area contributed by atoms with E-state index in [0.29, 0.717) is 10.2 Å². The quantitative estimate of drug-likeness (QED) is 0.884. The van der Waals surface area contributed by atoms with Gasteiger partial charge in [-0.25, -0.2) is 8.78 Å². The van der Waals surface area contributed by atoms with Gasteiger partial charge in [-0.15, -0.1) is 0 Å². The van der Waals surface area contributed by atoms with Crippen LogP contribution in [-0.4, -0.2) is 18.7 Å². The van der Waals surface area contributed by atoms with Crippen LogP contribution in [0.5, 0.6) is 0 Å². The van der Waals surface area contributed by atoms with E-state index in [2.05, 4.69) is 15.9 Å². The van der Waals surface area contributed by atoms with Gasteiger partial charge >= 0.3 is 0 Å². The summed E-state index contributed by atoms with van der Waals surface area (Å²) in [5.74, 6) is -0.793. The lowest BCUT2D eigenvalue weighted by molar-refractivity contribution is 0.291. The van der Waals surface area contributed by atoms with Crippen molar-refractivity contribution in [1.82, 2.24) is 0 Å². The van der Waals surface area contributed by atoms with E-state index in [1.54, 1.807) is 18.2 Å². The van der Waals surface area contributed by atoms with Gasteiger partial charge in [-0.3, -0.25) is 0 Å². The first-order valence-electron chi connectivity index (χ1n) is 5.98. The molecule has 1 aromatic rings. The first-order chi connectivity index (χ1) is 9.35. The van der Waals surface area contributed by atoms with Gasteiger partial charge in [0.15, 0.2) is 0 Å². The molecule has 3 nitrogen and oxygen atoms in total. The second kappa shape index (κ2) is 5.63. The maximum atomic E-state index is 13.9. The van der Waals surface area contributed by atoms with Gasteiger partial charge in [-0.05, 0) is 24.3 Å². The van der Waals surface area contributed by atoms with Gasteiger partial charge in [0.1, 0.15) is 17.4 Å². The van der Waals surface area contributed by atoms with Gasteiger partial charge in [-0.2, -0.15) is 0 Å². The highest BCUT2D eigenvalue weighted by atomic mass is 79.9. The van der Waals surface area contributed by atoms with E-state index < -0.39 is 23.2 Å². The van der Waals surface area contributed by atoms with Crippen molar-refractivity contribution < 1.29 is 13.5 Å². The number of allylic oxidation sites excluding steroid dienone is 1. The monoisotopic (exact) mass is 344 g/mol. The molecular weight excluding hydrogens is 330 g/mol. The van der Waals surface area contributed by atoms with Gasteiger partial charge in [0.2, 0.25) is 0 Å². The molecule has 0 aromatic heterocycles. The molecule has 4 N–H and O–H groups in total. The second-order valence-electron chi connectivity index (χ2n) is 4.77. The molecule has 0 saturated heterocycles. The molecule has 0 heterocycles. The molecule has 1 aliphatic carbocycles. The second-order valence-corrected chi connectivity index (χ2v) is 5.69. The number of methoxy groups -OCH3 is 1. The minimum absolute atomic E-state index is 0.0592. The smallest absolute Gasteiger partial charge is 0.130 e. The summed E-state index contributed by atoms with van der Waals surface area (Å²) in [6.45, 7) is 0. The molecule has 6 heteroatoms. The van der Waals surface area contributed by atoms with Crippen LogP contribution in [0, 0.1) is 11.6 Å². The van der Waals surface area contributed by atoms with Gasteiger partial charge < -0.3 is 16.2 Å². The maximum absolute atomic E-state index is 13.9. The third-order valence-electron chi connectivity index (χ3n) is 3.32. The summed E-state index contributed by atoms with van der Waals surface area (Å²) < 4.78 is 33.2. The molecule has 0 saturated carbocycles. The molecule has 2 unspecified atom stereocenters. The van der Waals surface area contributed by atoms with Gasteiger partial charge in [0.25, 0.3) is 0 Å². The molecule has 2 atom stereocenters. The standard InChI is InChI=1S/C14H15BrF2N2O/c1-20-9-2-3-13(18)14(19,6-9)7-10-11(16)4-8(15)5-12(10)17/h2-6,13H,7,18-19H2,1H3. The first-order valence-corrected chi connectivity index (χ1v) is 6.78. The van der Waals surface area contributed by atoms with E-state index in [0.717, 1.165) is 0 Å². The largest absolute Gasteiger partial charge is 0.497 e. The zero-order valence-corrected chi connectivity index (χ0v) is 12.5. The van der Waals surface area contributed by atoms with Crippen LogP contribution in [0.15, 0.2) is 40.6 Å². The Morgan fingerprint density at radius 1 is 1.35 bits per heavy atom. The fourth-order valence-electron chi connectivity index (χ4n) is 2.13. The third kappa shape index (κ3) is 2.92. The van der Waals surface area contributed by atoms with Crippen LogP contribution in [0.4, 0.5) is 8.78 Å². The van der Waals surface area contributed by atoms with Crippen LogP contribution in [-0.2, 0) is 11.2 Å². The summed E-state index contributed by atoms with van der Waals surface area (Å²) in [4.78, 5) is 0. The Morgan fingerprint density at radius 3 is 2.50 bits per heavy atom. The summed E-state index contributed by atoms with van der Waals surface area (Å²) in [6.07, 6.45) is 4.88. The number of rotatable bonds is 3. The zero-order chi connectivity index (χ0) is 14.9. The van der Waals surface area contributed by atoms with Crippen molar-refractivity contribution in [3.8, 4) is 0 Å². The van der Waals surface area contributed by atoms with Gasteiger partial charge in [-0.1, -0.05) is 22.0 Å². The summed E-state index contributed by atoms with van der Waals surface area (Å²) in [5.41, 5.74) is 10.9. The maximum Gasteiger partial charge on any atom is 0.130 e. The third-order valence-corrected chi connectivity index (χ3v) is 3.78. The van der Waals surface area contributed by atoms with Crippen LogP contribution in [0.25, 0.3) is 0 Å². The highest BCUT2D eigenvalue weighted by molar-refractivity contribution is 9.10. The molecular formula is C14H15BrF2N2O. The molecule has 0 aliphatic heterocycles. The van der Waals surface area contributed by atoms with Crippen molar-refractivity contribution in [3.05, 3.63) is 57.8 Å². The average Bonchev–Trinajstić information content (AvgIpc) is 2.37. The van der Waals surface area contributed by atoms with Crippen molar-refractivity contribution >= 4 is 15.9 Å². The molecule has 0 amide bonds. The highest BCUT2D eigenvalue weighted by Gasteiger charge is 2.34. The molecule has 108 valence electrons. The Labute approximate surface area is 124 Å². The molecule has 2 rings (SSSR count). The van der Waals surface area contributed by atoms with Gasteiger partial charge in [0.05, 0.1) is 12.6 Å². The lowest BCUT2D eigenvalue weighted by Crippen LogP contribution is -2.56. The topological polar surface area (TPSA) is 61.3 Å². The normalized spacial score (nSPS) is 25.5. The Bertz CT molecular complexity index is 566. The van der Waals surface area contributed by atoms with Crippen molar-refractivity contribution in [2.24, 2.45) is 11.5 Å². The minimum atomic E-state index is -1.10. The minimum Gasteiger partial charge on any atom is -0.497 e. The molecule has 20 heavy (non-hydrogen) atoms. The fraction of sp³-hybridized carbons (Fsp3) is 0.286. The number of halogens is 3. The molecule has 0 fully saturated rings. The number of benzene rings is 1. The van der Waals surface area contributed by atoms with Crippen LogP contribution in [0.1, 0.15) is 5.56 Å². The number of hydrogen-bond donors (Lipinski definition) is 2. The summed E-state index contributed by atoms with van der Waals surface area (Å²) >= 11 is 3.04. The predicted octanol–water partition coefficient (Wildman–Crippen LogP) is 2.39. The average molecular weight is 345 g/mol. The predicted molar refractivity (Wildman–Crippen MR) is 76.9 cm³/mol. The Balaban J connectivity index is 2.38. The summed E-state index contributed by atoms with van der Waals surface area (Å²) in [6, 6.07) is 1.85. The fourth-order valence-corrected chi connectivity index (χ4v) is 2.53. The molecule has 0 spiro atoms. The van der Waals surface area contributed by atoms with E-state index >= 15 is 0 Å². The SMILES string of the molecule is COC1=CC(N)(Cc2c(F)cc(Br)cc2F)C(N)C=C1. The number of hydrogen-bond acceptors (Lipinski definition) is 3. The van der Waals surface area contributed by atoms with Crippen LogP contribution in [0.2, 0.25) is 0 Å². The molecule has 1 aliphatic rings. The van der Waals surface area contributed by atoms with E-state index in [1.807, 2.05) is 0 Å². The van der Waals surface area contributed by atoms with Crippen molar-refractivity contribution in [3.63, 3.8) is 0 Å². The van der Waals surface area contributed by atoms with Crippen LogP contribution < -0.4 is 11.5 Å². The van der Waals surface area contributed by atoms with E-state index in [9.17, 15) is 8.78 Å². The van der Waals surface area contributed by atoms with E-state index in [1.165, 1.54) is 19.2 Å². The van der Waals surface area contributed by atoms with E-state index in [-0.39, 0.29) is 12.0 Å². The summed E-state index contributed by atoms with van der Waals surface area (Å²) in [5, 5.41) is 0. The zero-order valence-electron chi connectivity index (χ0n) is 10.9. The first kappa shape index (κ1) is 15.2. The number of ether oxygens (including phenoxy) is 1. The molecule has 1 aromatic carbocycles. The van der Waals surface area contributed by atoms with Crippen LogP contribution >= 0.6 is 15.9 Å². The Morgan fingerprint density at radius 2 is 1.95 bits per heavy atom. The van der Waals surface area contributed by atoms with Crippen LogP contribution in [0.3, 0.4) is 0 Å². The van der Waals surface area contributed by atoms with Crippen molar-refractivity contribution in [1.29, 1.82) is 0 Å². The number of nitrogens with two attached hydrogens (primary N) is 2. The van der Waals surface area contributed by atoms with Crippen molar-refractivity contribution in [2.75, 3.05) is 7.11 Å². The molecule has 0 radical (unpaired) electrons. The summed E-state index contributed by atoms with van der Waals surface area (Å²) in [7, 11) is 1.49. The Hall–Kier alpha value is -1.24. The lowest BCUT2D eigenvalue weighted by atomic mass is 9.81. The lowest BCUT2D eigenvalue weighted by Gasteiger charge is -2.34. The molecule has 0 bridgehead atoms. The van der Waals surface area contributed by atoms with Gasteiger partial charge in [0, 0.05) is 22.5 Å². The Kier molecular flexibility index (Phi) is 4.27.